The summed E-state index contributed by atoms with van der Waals surface area (Å²) in [5, 5.41) is 5.54. The second-order valence-corrected chi connectivity index (χ2v) is 10.4. The van der Waals surface area contributed by atoms with Crippen molar-refractivity contribution in [1.82, 2.24) is 30.0 Å². The molecule has 204 valence electrons. The summed E-state index contributed by atoms with van der Waals surface area (Å²) in [7, 11) is 1.88. The summed E-state index contributed by atoms with van der Waals surface area (Å²) in [5.74, 6) is -0.235. The van der Waals surface area contributed by atoms with Crippen LogP contribution < -0.4 is 5.43 Å². The topological polar surface area (TPSA) is 73.7 Å². The number of nitrogens with zero attached hydrogens (tertiary/aromatic N) is 5. The van der Waals surface area contributed by atoms with E-state index in [0.717, 1.165) is 30.0 Å². The summed E-state index contributed by atoms with van der Waals surface area (Å²) in [5.41, 5.74) is 5.88. The maximum Gasteiger partial charge on any atom is 0.435 e. The first-order valence-electron chi connectivity index (χ1n) is 13.1. The van der Waals surface area contributed by atoms with Crippen molar-refractivity contribution in [2.45, 2.75) is 63.8 Å². The van der Waals surface area contributed by atoms with Crippen LogP contribution in [-0.4, -0.2) is 69.1 Å². The van der Waals surface area contributed by atoms with E-state index in [0.29, 0.717) is 43.7 Å². The molecule has 1 fully saturated rings. The number of hydrogen-bond donors (Lipinski definition) is 1. The predicted molar refractivity (Wildman–Crippen MR) is 134 cm³/mol. The van der Waals surface area contributed by atoms with Gasteiger partial charge in [0.15, 0.2) is 5.69 Å². The minimum absolute atomic E-state index is 0.0159. The van der Waals surface area contributed by atoms with Gasteiger partial charge in [0.25, 0.3) is 5.91 Å². The first kappa shape index (κ1) is 26.3. The van der Waals surface area contributed by atoms with Crippen LogP contribution in [0.5, 0.6) is 0 Å². The first-order chi connectivity index (χ1) is 18.1. The zero-order valence-electron chi connectivity index (χ0n) is 21.7. The quantitative estimate of drug-likeness (QED) is 0.641. The maximum absolute atomic E-state index is 13.3. The summed E-state index contributed by atoms with van der Waals surface area (Å²) in [4.78, 5) is 29.6. The molecule has 0 bridgehead atoms. The SMILES string of the molecule is Cc1cc(C(F)(F)F)nn1CC(=O)N1CCC(N2C=C(C(=O)N(C)[C@@H]3CCCc4ccccc43)CN2)CC1. The Balaban J connectivity index is 1.16. The predicted octanol–water partition coefficient (Wildman–Crippen LogP) is 3.44. The number of nitrogens with one attached hydrogen (secondary N) is 1. The Labute approximate surface area is 220 Å². The summed E-state index contributed by atoms with van der Waals surface area (Å²) in [6, 6.07) is 9.48. The molecule has 1 atom stereocenters. The molecular formula is C27H33F3N6O2. The minimum atomic E-state index is -4.54. The van der Waals surface area contributed by atoms with Crippen LogP contribution in [0.2, 0.25) is 0 Å². The summed E-state index contributed by atoms with van der Waals surface area (Å²) < 4.78 is 39.9. The van der Waals surface area contributed by atoms with Gasteiger partial charge in [0.2, 0.25) is 5.91 Å². The fraction of sp³-hybridized carbons (Fsp3) is 0.519. The third-order valence-corrected chi connectivity index (χ3v) is 7.91. The average Bonchev–Trinajstić information content (AvgIpc) is 3.55. The van der Waals surface area contributed by atoms with Gasteiger partial charge in [-0.05, 0) is 56.2 Å². The first-order valence-corrected chi connectivity index (χ1v) is 13.1. The molecule has 3 heterocycles. The molecule has 0 spiro atoms. The average molecular weight is 531 g/mol. The molecule has 0 saturated carbocycles. The van der Waals surface area contributed by atoms with Crippen LogP contribution in [0.3, 0.4) is 0 Å². The highest BCUT2D eigenvalue weighted by molar-refractivity contribution is 5.94. The lowest BCUT2D eigenvalue weighted by Crippen LogP contribution is -2.48. The molecule has 5 rings (SSSR count). The number of rotatable bonds is 5. The van der Waals surface area contributed by atoms with Crippen LogP contribution in [0.15, 0.2) is 42.1 Å². The van der Waals surface area contributed by atoms with E-state index in [1.165, 1.54) is 18.1 Å². The lowest BCUT2D eigenvalue weighted by Gasteiger charge is -2.36. The number of likely N-dealkylation sites (tertiary alicyclic amines) is 1. The maximum atomic E-state index is 13.3. The molecule has 1 aromatic carbocycles. The monoisotopic (exact) mass is 530 g/mol. The van der Waals surface area contributed by atoms with Crippen molar-refractivity contribution in [3.63, 3.8) is 0 Å². The Morgan fingerprint density at radius 2 is 1.89 bits per heavy atom. The van der Waals surface area contributed by atoms with Gasteiger partial charge in [0.1, 0.15) is 6.54 Å². The molecular weight excluding hydrogens is 497 g/mol. The van der Waals surface area contributed by atoms with Gasteiger partial charge in [-0.1, -0.05) is 24.3 Å². The van der Waals surface area contributed by atoms with Crippen LogP contribution in [0.1, 0.15) is 54.2 Å². The molecule has 2 aliphatic heterocycles. The number of alkyl halides is 3. The summed E-state index contributed by atoms with van der Waals surface area (Å²) >= 11 is 0. The highest BCUT2D eigenvalue weighted by Gasteiger charge is 2.35. The van der Waals surface area contributed by atoms with Gasteiger partial charge in [-0.15, -0.1) is 0 Å². The molecule has 1 aromatic heterocycles. The van der Waals surface area contributed by atoms with Gasteiger partial charge in [-0.2, -0.15) is 18.3 Å². The number of benzene rings is 1. The highest BCUT2D eigenvalue weighted by atomic mass is 19.4. The van der Waals surface area contributed by atoms with Crippen molar-refractivity contribution in [3.8, 4) is 0 Å². The van der Waals surface area contributed by atoms with Crippen molar-refractivity contribution in [1.29, 1.82) is 0 Å². The number of aromatic nitrogens is 2. The van der Waals surface area contributed by atoms with E-state index in [9.17, 15) is 22.8 Å². The van der Waals surface area contributed by atoms with Crippen molar-refractivity contribution < 1.29 is 22.8 Å². The highest BCUT2D eigenvalue weighted by Crippen LogP contribution is 2.34. The smallest absolute Gasteiger partial charge is 0.341 e. The molecule has 0 radical (unpaired) electrons. The van der Waals surface area contributed by atoms with E-state index >= 15 is 0 Å². The van der Waals surface area contributed by atoms with Crippen molar-refractivity contribution in [2.24, 2.45) is 0 Å². The van der Waals surface area contributed by atoms with Gasteiger partial charge in [0, 0.05) is 44.6 Å². The van der Waals surface area contributed by atoms with E-state index in [1.807, 2.05) is 35.3 Å². The fourth-order valence-electron chi connectivity index (χ4n) is 5.73. The Bertz CT molecular complexity index is 1230. The lowest BCUT2D eigenvalue weighted by atomic mass is 9.87. The number of fused-ring (bicyclic) bond motifs is 1. The number of carbonyl (C=O) groups excluding carboxylic acids is 2. The van der Waals surface area contributed by atoms with Crippen LogP contribution in [0.25, 0.3) is 0 Å². The van der Waals surface area contributed by atoms with Crippen molar-refractivity contribution >= 4 is 11.8 Å². The number of carbonyl (C=O) groups is 2. The van der Waals surface area contributed by atoms with Gasteiger partial charge in [-0.3, -0.25) is 14.3 Å². The number of likely N-dealkylation sites (N-methyl/N-ethyl adjacent to an activating group) is 1. The number of halogens is 3. The molecule has 1 N–H and O–H groups in total. The standard InChI is InChI=1S/C27H33F3N6O2/c1-18-14-24(27(28,29)30)32-35(18)17-25(37)34-12-10-21(11-13-34)36-16-20(15-31-36)26(38)33(2)23-9-5-7-19-6-3-4-8-22(19)23/h3-4,6,8,14,16,21,23,31H,5,7,9-13,15,17H2,1-2H3/t23-/m1/s1. The van der Waals surface area contributed by atoms with Gasteiger partial charge >= 0.3 is 6.18 Å². The van der Waals surface area contributed by atoms with E-state index in [4.69, 9.17) is 0 Å². The Kier molecular flexibility index (Phi) is 7.21. The Hall–Kier alpha value is -3.34. The van der Waals surface area contributed by atoms with Gasteiger partial charge in [-0.25, -0.2) is 5.43 Å². The minimum Gasteiger partial charge on any atom is -0.341 e. The van der Waals surface area contributed by atoms with E-state index in [-0.39, 0.29) is 30.4 Å². The number of amides is 2. The fourth-order valence-corrected chi connectivity index (χ4v) is 5.73. The molecule has 38 heavy (non-hydrogen) atoms. The van der Waals surface area contributed by atoms with Crippen LogP contribution in [-0.2, 0) is 28.7 Å². The number of aryl methyl sites for hydroxylation is 2. The molecule has 2 aromatic rings. The van der Waals surface area contributed by atoms with E-state index in [2.05, 4.69) is 22.7 Å². The second-order valence-electron chi connectivity index (χ2n) is 10.4. The second kappa shape index (κ2) is 10.4. The third-order valence-electron chi connectivity index (χ3n) is 7.91. The van der Waals surface area contributed by atoms with Crippen LogP contribution in [0.4, 0.5) is 13.2 Å². The zero-order chi connectivity index (χ0) is 27.0. The molecule has 2 amide bonds. The zero-order valence-corrected chi connectivity index (χ0v) is 21.7. The number of hydrazine groups is 1. The molecule has 1 saturated heterocycles. The van der Waals surface area contributed by atoms with Gasteiger partial charge < -0.3 is 14.8 Å². The molecule has 1 aliphatic carbocycles. The summed E-state index contributed by atoms with van der Waals surface area (Å²) in [6.45, 7) is 2.73. The Morgan fingerprint density at radius 1 is 1.16 bits per heavy atom. The molecule has 3 aliphatic rings. The molecule has 11 heteroatoms. The number of hydrogen-bond acceptors (Lipinski definition) is 5. The third kappa shape index (κ3) is 5.29. The van der Waals surface area contributed by atoms with E-state index in [1.54, 1.807) is 4.90 Å². The van der Waals surface area contributed by atoms with Crippen molar-refractivity contribution in [3.05, 3.63) is 64.6 Å². The summed E-state index contributed by atoms with van der Waals surface area (Å²) in [6.07, 6.45) is 1.78. The van der Waals surface area contributed by atoms with Crippen LogP contribution in [0, 0.1) is 6.92 Å². The lowest BCUT2D eigenvalue weighted by molar-refractivity contribution is -0.142. The largest absolute Gasteiger partial charge is 0.435 e. The van der Waals surface area contributed by atoms with E-state index < -0.39 is 11.9 Å². The van der Waals surface area contributed by atoms with Crippen LogP contribution >= 0.6 is 0 Å². The molecule has 8 nitrogen and oxygen atoms in total. The normalized spacial score (nSPS) is 20.3. The Morgan fingerprint density at radius 3 is 2.61 bits per heavy atom. The van der Waals surface area contributed by atoms with Gasteiger partial charge in [0.05, 0.1) is 11.6 Å². The molecule has 0 unspecified atom stereocenters. The number of piperidine rings is 1. The van der Waals surface area contributed by atoms with Crippen molar-refractivity contribution in [2.75, 3.05) is 26.7 Å².